The lowest BCUT2D eigenvalue weighted by Gasteiger charge is -2.30. The second-order valence-corrected chi connectivity index (χ2v) is 9.46. The van der Waals surface area contributed by atoms with Crippen LogP contribution in [-0.2, 0) is 17.1 Å². The van der Waals surface area contributed by atoms with Gasteiger partial charge < -0.3 is 10.1 Å². The van der Waals surface area contributed by atoms with Crippen LogP contribution >= 0.6 is 12.4 Å². The minimum absolute atomic E-state index is 0. The van der Waals surface area contributed by atoms with E-state index in [1.165, 1.54) is 39.4 Å². The summed E-state index contributed by atoms with van der Waals surface area (Å²) in [5.41, 5.74) is 0.0467. The molecule has 1 aromatic carbocycles. The largest absolute Gasteiger partial charge is 0.452 e. The quantitative estimate of drug-likeness (QED) is 0.594. The maximum Gasteiger partial charge on any atom is 0.294 e. The van der Waals surface area contributed by atoms with Crippen molar-refractivity contribution in [1.82, 2.24) is 18.8 Å². The van der Waals surface area contributed by atoms with Crippen molar-refractivity contribution in [2.24, 2.45) is 7.05 Å². The van der Waals surface area contributed by atoms with Crippen LogP contribution in [0.5, 0.6) is 11.5 Å². The van der Waals surface area contributed by atoms with E-state index < -0.39 is 15.8 Å². The Labute approximate surface area is 190 Å². The molecule has 0 radical (unpaired) electrons. The molecule has 172 valence electrons. The van der Waals surface area contributed by atoms with Crippen LogP contribution < -0.4 is 15.6 Å². The number of ether oxygens (including phenoxy) is 1. The van der Waals surface area contributed by atoms with Crippen molar-refractivity contribution in [3.05, 3.63) is 52.7 Å². The van der Waals surface area contributed by atoms with Crippen LogP contribution in [0.4, 0.5) is 10.3 Å². The summed E-state index contributed by atoms with van der Waals surface area (Å²) < 4.78 is 44.8. The number of aromatic nitrogens is 3. The second-order valence-electron chi connectivity index (χ2n) is 7.48. The molecule has 2 aromatic heterocycles. The van der Waals surface area contributed by atoms with Gasteiger partial charge >= 0.3 is 0 Å². The predicted molar refractivity (Wildman–Crippen MR) is 122 cm³/mol. The first-order chi connectivity index (χ1) is 14.7. The van der Waals surface area contributed by atoms with Crippen LogP contribution in [0, 0.1) is 5.82 Å². The lowest BCUT2D eigenvalue weighted by atomic mass is 10.1. The first kappa shape index (κ1) is 23.9. The zero-order chi connectivity index (χ0) is 22.2. The van der Waals surface area contributed by atoms with Gasteiger partial charge in [-0.1, -0.05) is 0 Å². The predicted octanol–water partition coefficient (Wildman–Crippen LogP) is 2.52. The number of nitrogens with zero attached hydrogens (tertiary/aromatic N) is 4. The summed E-state index contributed by atoms with van der Waals surface area (Å²) in [6.45, 7) is 0.874. The molecule has 32 heavy (non-hydrogen) atoms. The summed E-state index contributed by atoms with van der Waals surface area (Å²) in [6.07, 6.45) is 4.07. The molecule has 1 aliphatic heterocycles. The summed E-state index contributed by atoms with van der Waals surface area (Å²) in [7, 11) is -1.60. The number of fused-ring (bicyclic) bond motifs is 1. The molecule has 1 aliphatic rings. The van der Waals surface area contributed by atoms with Crippen molar-refractivity contribution >= 4 is 39.4 Å². The summed E-state index contributed by atoms with van der Waals surface area (Å²) >= 11 is 0. The highest BCUT2D eigenvalue weighted by molar-refractivity contribution is 7.88. The highest BCUT2D eigenvalue weighted by Gasteiger charge is 2.25. The molecule has 0 unspecified atom stereocenters. The van der Waals surface area contributed by atoms with Crippen molar-refractivity contribution < 1.29 is 17.5 Å². The van der Waals surface area contributed by atoms with Gasteiger partial charge in [0.1, 0.15) is 17.2 Å². The van der Waals surface area contributed by atoms with Crippen LogP contribution in [0.15, 0.2) is 41.3 Å². The Hall–Kier alpha value is -2.76. The highest BCUT2D eigenvalue weighted by Crippen LogP contribution is 2.23. The van der Waals surface area contributed by atoms with Gasteiger partial charge in [-0.15, -0.1) is 12.4 Å². The Morgan fingerprint density at radius 2 is 1.84 bits per heavy atom. The average Bonchev–Trinajstić information content (AvgIpc) is 2.73. The molecule has 0 atom stereocenters. The highest BCUT2D eigenvalue weighted by atomic mass is 35.5. The van der Waals surface area contributed by atoms with Crippen LogP contribution in [0.3, 0.4) is 0 Å². The molecule has 1 fully saturated rings. The maximum atomic E-state index is 13.1. The third kappa shape index (κ3) is 5.17. The van der Waals surface area contributed by atoms with Crippen molar-refractivity contribution in [1.29, 1.82) is 0 Å². The zero-order valence-electron chi connectivity index (χ0n) is 17.5. The molecule has 0 amide bonds. The van der Waals surface area contributed by atoms with E-state index in [0.717, 1.165) is 0 Å². The number of aryl methyl sites for hydroxylation is 1. The first-order valence-electron chi connectivity index (χ1n) is 9.72. The lowest BCUT2D eigenvalue weighted by molar-refractivity contribution is 0.331. The van der Waals surface area contributed by atoms with Gasteiger partial charge in [-0.05, 0) is 43.2 Å². The molecule has 0 bridgehead atoms. The number of pyridine rings is 1. The van der Waals surface area contributed by atoms with Gasteiger partial charge in [-0.2, -0.15) is 4.98 Å². The number of hydrogen-bond acceptors (Lipinski definition) is 7. The second kappa shape index (κ2) is 9.39. The number of piperidine rings is 1. The Balaban J connectivity index is 0.00000289. The smallest absolute Gasteiger partial charge is 0.294 e. The minimum Gasteiger partial charge on any atom is -0.452 e. The monoisotopic (exact) mass is 483 g/mol. The SMILES string of the molecule is Cl.Cn1c(=O)c(Oc2ccc(F)cc2)cc2cnc(NC3CCN(S(C)(=O)=O)CC3)nc21. The van der Waals surface area contributed by atoms with E-state index in [9.17, 15) is 17.6 Å². The van der Waals surface area contributed by atoms with Gasteiger partial charge in [0, 0.05) is 37.8 Å². The molecule has 12 heteroatoms. The lowest BCUT2D eigenvalue weighted by Crippen LogP contribution is -2.42. The summed E-state index contributed by atoms with van der Waals surface area (Å²) in [6, 6.07) is 6.98. The van der Waals surface area contributed by atoms with Crippen LogP contribution in [0.2, 0.25) is 0 Å². The fourth-order valence-electron chi connectivity index (χ4n) is 3.50. The molecule has 0 aliphatic carbocycles. The normalized spacial score (nSPS) is 15.3. The first-order valence-corrected chi connectivity index (χ1v) is 11.6. The van der Waals surface area contributed by atoms with E-state index in [2.05, 4.69) is 15.3 Å². The molecular weight excluding hydrogens is 461 g/mol. The fraction of sp³-hybridized carbons (Fsp3) is 0.350. The molecule has 4 rings (SSSR count). The van der Waals surface area contributed by atoms with Crippen molar-refractivity contribution in [3.63, 3.8) is 0 Å². The number of nitrogens with one attached hydrogen (secondary N) is 1. The molecule has 0 saturated carbocycles. The van der Waals surface area contributed by atoms with Gasteiger partial charge in [-0.3, -0.25) is 9.36 Å². The van der Waals surface area contributed by atoms with E-state index in [0.29, 0.717) is 48.7 Å². The number of hydrogen-bond donors (Lipinski definition) is 1. The average molecular weight is 484 g/mol. The number of rotatable bonds is 5. The topological polar surface area (TPSA) is 106 Å². The Morgan fingerprint density at radius 3 is 2.47 bits per heavy atom. The van der Waals surface area contributed by atoms with Crippen LogP contribution in [0.25, 0.3) is 11.0 Å². The van der Waals surface area contributed by atoms with Crippen molar-refractivity contribution in [2.75, 3.05) is 24.7 Å². The third-order valence-electron chi connectivity index (χ3n) is 5.21. The minimum atomic E-state index is -3.18. The third-order valence-corrected chi connectivity index (χ3v) is 6.52. The van der Waals surface area contributed by atoms with Gasteiger partial charge in [-0.25, -0.2) is 22.1 Å². The molecule has 3 heterocycles. The molecule has 3 aromatic rings. The van der Waals surface area contributed by atoms with E-state index in [4.69, 9.17) is 4.74 Å². The zero-order valence-corrected chi connectivity index (χ0v) is 19.1. The summed E-state index contributed by atoms with van der Waals surface area (Å²) in [4.78, 5) is 21.5. The molecule has 0 spiro atoms. The molecular formula is C20H23ClFN5O4S. The van der Waals surface area contributed by atoms with Crippen LogP contribution in [-0.4, -0.2) is 52.6 Å². The van der Waals surface area contributed by atoms with E-state index in [-0.39, 0.29) is 29.8 Å². The van der Waals surface area contributed by atoms with E-state index in [1.54, 1.807) is 19.3 Å². The molecule has 1 N–H and O–H groups in total. The Bertz CT molecular complexity index is 1280. The van der Waals surface area contributed by atoms with Crippen molar-refractivity contribution in [2.45, 2.75) is 18.9 Å². The Kier molecular flexibility index (Phi) is 7.01. The summed E-state index contributed by atoms with van der Waals surface area (Å²) in [5, 5.41) is 3.83. The fourth-order valence-corrected chi connectivity index (χ4v) is 4.38. The van der Waals surface area contributed by atoms with Crippen molar-refractivity contribution in [3.8, 4) is 11.5 Å². The van der Waals surface area contributed by atoms with Gasteiger partial charge in [0.25, 0.3) is 5.56 Å². The maximum absolute atomic E-state index is 13.1. The van der Waals surface area contributed by atoms with Gasteiger partial charge in [0.05, 0.1) is 6.26 Å². The van der Waals surface area contributed by atoms with E-state index >= 15 is 0 Å². The molecule has 9 nitrogen and oxygen atoms in total. The number of anilines is 1. The molecule has 1 saturated heterocycles. The van der Waals surface area contributed by atoms with E-state index in [1.807, 2.05) is 0 Å². The number of halogens is 2. The standard InChI is InChI=1S/C20H22FN5O4S.ClH/c1-25-18-13(11-17(19(25)27)30-16-5-3-14(21)4-6-16)12-22-20(24-18)23-15-7-9-26(10-8-15)31(2,28)29;/h3-6,11-12,15H,7-10H2,1-2H3,(H,22,23,24);1H. The van der Waals surface area contributed by atoms with Gasteiger partial charge in [0.15, 0.2) is 5.75 Å². The van der Waals surface area contributed by atoms with Crippen LogP contribution in [0.1, 0.15) is 12.8 Å². The number of benzene rings is 1. The Morgan fingerprint density at radius 1 is 1.19 bits per heavy atom. The van der Waals surface area contributed by atoms with Gasteiger partial charge in [0.2, 0.25) is 16.0 Å². The number of sulfonamides is 1. The summed E-state index contributed by atoms with van der Waals surface area (Å²) in [5.74, 6) is 0.401.